The van der Waals surface area contributed by atoms with Crippen LogP contribution in [0.4, 0.5) is 0 Å². The van der Waals surface area contributed by atoms with E-state index in [9.17, 15) is 0 Å². The van der Waals surface area contributed by atoms with Gasteiger partial charge in [0.25, 0.3) is 0 Å². The van der Waals surface area contributed by atoms with E-state index in [1.54, 1.807) is 0 Å². The molecule has 0 amide bonds. The van der Waals surface area contributed by atoms with Gasteiger partial charge >= 0.3 is 0 Å². The fourth-order valence-corrected chi connectivity index (χ4v) is 1.38. The van der Waals surface area contributed by atoms with Crippen molar-refractivity contribution < 1.29 is 0 Å². The van der Waals surface area contributed by atoms with Gasteiger partial charge in [-0.2, -0.15) is 12.6 Å². The summed E-state index contributed by atoms with van der Waals surface area (Å²) in [5.74, 6) is 0. The first-order chi connectivity index (χ1) is 4.52. The van der Waals surface area contributed by atoms with Crippen LogP contribution in [0.5, 0.6) is 0 Å². The number of hydrogen-bond donors (Lipinski definition) is 1. The highest BCUT2D eigenvalue weighted by Gasteiger charge is 2.17. The predicted molar refractivity (Wildman–Crippen MR) is 51.4 cm³/mol. The molecule has 1 atom stereocenters. The number of thiol groups is 1. The average molecular weight is 159 g/mol. The van der Waals surface area contributed by atoms with Crippen molar-refractivity contribution in [3.8, 4) is 0 Å². The summed E-state index contributed by atoms with van der Waals surface area (Å²) >= 11 is 4.41. The zero-order valence-corrected chi connectivity index (χ0v) is 8.25. The molecule has 0 heterocycles. The zero-order chi connectivity index (χ0) is 8.20. The first-order valence-electron chi connectivity index (χ1n) is 3.99. The van der Waals surface area contributed by atoms with Gasteiger partial charge in [0.1, 0.15) is 0 Å². The van der Waals surface area contributed by atoms with Gasteiger partial charge in [-0.15, -0.1) is 0 Å². The lowest BCUT2D eigenvalue weighted by atomic mass is 9.84. The van der Waals surface area contributed by atoms with Gasteiger partial charge in [-0.05, 0) is 18.3 Å². The largest absolute Gasteiger partial charge is 0.176 e. The monoisotopic (exact) mass is 159 g/mol. The van der Waals surface area contributed by atoms with Crippen LogP contribution in [-0.2, 0) is 0 Å². The summed E-state index contributed by atoms with van der Waals surface area (Å²) in [6.45, 7) is 10.6. The second-order valence-corrected chi connectivity index (χ2v) is 4.39. The van der Waals surface area contributed by atoms with Crippen LogP contribution in [0.1, 0.15) is 40.0 Å². The summed E-state index contributed by atoms with van der Waals surface area (Å²) in [6, 6.07) is 0. The predicted octanol–water partition coefficient (Wildman–Crippen LogP) is 3.34. The summed E-state index contributed by atoms with van der Waals surface area (Å²) in [5, 5.41) is 0.481. The second kappa shape index (κ2) is 4.27. The molecule has 1 heteroatoms. The molecule has 61 valence electrons. The van der Waals surface area contributed by atoms with Crippen molar-refractivity contribution in [2.75, 3.05) is 0 Å². The number of hydrogen-bond acceptors (Lipinski definition) is 1. The molecule has 0 aromatic heterocycles. The fraction of sp³-hybridized carbons (Fsp3) is 0.889. The van der Waals surface area contributed by atoms with Gasteiger partial charge in [0.15, 0.2) is 0 Å². The normalized spacial score (nSPS) is 15.3. The minimum atomic E-state index is 0.449. The molecule has 0 spiro atoms. The van der Waals surface area contributed by atoms with Crippen molar-refractivity contribution in [3.63, 3.8) is 0 Å². The Hall–Kier alpha value is 0.350. The van der Waals surface area contributed by atoms with E-state index in [4.69, 9.17) is 0 Å². The van der Waals surface area contributed by atoms with Gasteiger partial charge in [-0.1, -0.05) is 34.1 Å². The lowest BCUT2D eigenvalue weighted by Crippen LogP contribution is -2.15. The third kappa shape index (κ3) is 4.21. The average Bonchev–Trinajstić information content (AvgIpc) is 1.87. The molecule has 0 aromatic carbocycles. The third-order valence-electron chi connectivity index (χ3n) is 2.08. The van der Waals surface area contributed by atoms with Crippen LogP contribution in [0, 0.1) is 12.3 Å². The maximum absolute atomic E-state index is 4.41. The topological polar surface area (TPSA) is 0 Å². The molecule has 1 unspecified atom stereocenters. The molecule has 0 aliphatic carbocycles. The lowest BCUT2D eigenvalue weighted by molar-refractivity contribution is 0.319. The lowest BCUT2D eigenvalue weighted by Gasteiger charge is -2.25. The summed E-state index contributed by atoms with van der Waals surface area (Å²) in [6.07, 6.45) is 3.34. The molecule has 0 N–H and O–H groups in total. The smallest absolute Gasteiger partial charge is 0.00218 e. The molecule has 0 fully saturated rings. The van der Waals surface area contributed by atoms with Crippen molar-refractivity contribution in [1.29, 1.82) is 0 Å². The quantitative estimate of drug-likeness (QED) is 0.598. The molecule has 0 aliphatic heterocycles. The van der Waals surface area contributed by atoms with Gasteiger partial charge in [0, 0.05) is 5.25 Å². The van der Waals surface area contributed by atoms with Crippen molar-refractivity contribution >= 4 is 12.6 Å². The molecule has 0 saturated heterocycles. The van der Waals surface area contributed by atoms with E-state index in [2.05, 4.69) is 40.3 Å². The van der Waals surface area contributed by atoms with Crippen LogP contribution in [0.15, 0.2) is 0 Å². The molecule has 1 radical (unpaired) electrons. The van der Waals surface area contributed by atoms with E-state index in [-0.39, 0.29) is 0 Å². The Balaban J connectivity index is 3.64. The first kappa shape index (κ1) is 10.3. The van der Waals surface area contributed by atoms with E-state index in [0.29, 0.717) is 10.7 Å². The maximum atomic E-state index is 4.41. The Morgan fingerprint density at radius 3 is 2.30 bits per heavy atom. The van der Waals surface area contributed by atoms with Crippen LogP contribution in [0.3, 0.4) is 0 Å². The van der Waals surface area contributed by atoms with E-state index >= 15 is 0 Å². The van der Waals surface area contributed by atoms with Gasteiger partial charge in [0.2, 0.25) is 0 Å². The summed E-state index contributed by atoms with van der Waals surface area (Å²) < 4.78 is 0. The molecule has 0 bridgehead atoms. The Labute approximate surface area is 70.8 Å². The summed E-state index contributed by atoms with van der Waals surface area (Å²) in [5.41, 5.74) is 0.449. The summed E-state index contributed by atoms with van der Waals surface area (Å²) in [4.78, 5) is 0. The zero-order valence-electron chi connectivity index (χ0n) is 7.35. The van der Waals surface area contributed by atoms with E-state index in [1.165, 1.54) is 12.8 Å². The van der Waals surface area contributed by atoms with Gasteiger partial charge in [0.05, 0.1) is 0 Å². The summed E-state index contributed by atoms with van der Waals surface area (Å²) in [7, 11) is 0. The molecule has 10 heavy (non-hydrogen) atoms. The van der Waals surface area contributed by atoms with E-state index in [0.717, 1.165) is 6.42 Å². The second-order valence-electron chi connectivity index (χ2n) is 3.66. The van der Waals surface area contributed by atoms with Crippen LogP contribution < -0.4 is 0 Å². The highest BCUT2D eigenvalue weighted by atomic mass is 32.1. The van der Waals surface area contributed by atoms with Crippen LogP contribution in [0.25, 0.3) is 0 Å². The molecular weight excluding hydrogens is 140 g/mol. The highest BCUT2D eigenvalue weighted by Crippen LogP contribution is 2.28. The van der Waals surface area contributed by atoms with Gasteiger partial charge in [-0.25, -0.2) is 0 Å². The van der Waals surface area contributed by atoms with E-state index in [1.807, 2.05) is 0 Å². The number of rotatable bonds is 4. The Morgan fingerprint density at radius 2 is 2.00 bits per heavy atom. The van der Waals surface area contributed by atoms with Gasteiger partial charge in [-0.3, -0.25) is 0 Å². The SMILES string of the molecule is [CH2]CC(S)CC(C)(C)CC. The Morgan fingerprint density at radius 1 is 1.50 bits per heavy atom. The van der Waals surface area contributed by atoms with Crippen molar-refractivity contribution in [2.45, 2.75) is 45.3 Å². The molecule has 0 rings (SSSR count). The molecule has 0 aromatic rings. The third-order valence-corrected chi connectivity index (χ3v) is 2.52. The molecule has 0 nitrogen and oxygen atoms in total. The highest BCUT2D eigenvalue weighted by molar-refractivity contribution is 7.80. The van der Waals surface area contributed by atoms with Crippen molar-refractivity contribution in [1.82, 2.24) is 0 Å². The molecule has 0 aliphatic rings. The Bertz CT molecular complexity index is 86.7. The van der Waals surface area contributed by atoms with Crippen molar-refractivity contribution in [3.05, 3.63) is 6.92 Å². The first-order valence-corrected chi connectivity index (χ1v) is 4.51. The van der Waals surface area contributed by atoms with Crippen LogP contribution >= 0.6 is 12.6 Å². The minimum absolute atomic E-state index is 0.449. The van der Waals surface area contributed by atoms with E-state index < -0.39 is 0 Å². The standard InChI is InChI=1S/C9H19S/c1-5-8(10)7-9(3,4)6-2/h8,10H,1,5-7H2,2-4H3. The maximum Gasteiger partial charge on any atom is 0.00218 e. The Kier molecular flexibility index (Phi) is 4.42. The van der Waals surface area contributed by atoms with Crippen LogP contribution in [-0.4, -0.2) is 5.25 Å². The fourth-order valence-electron chi connectivity index (χ4n) is 0.884. The molecular formula is C9H19S. The van der Waals surface area contributed by atoms with Gasteiger partial charge < -0.3 is 0 Å². The van der Waals surface area contributed by atoms with Crippen LogP contribution in [0.2, 0.25) is 0 Å². The molecule has 0 saturated carbocycles. The van der Waals surface area contributed by atoms with Crippen molar-refractivity contribution in [2.24, 2.45) is 5.41 Å². The minimum Gasteiger partial charge on any atom is -0.176 e.